The second-order valence-electron chi connectivity index (χ2n) is 11.2. The summed E-state index contributed by atoms with van der Waals surface area (Å²) >= 11 is 0. The molecular formula is C23H32F3N5O5. The zero-order valence-corrected chi connectivity index (χ0v) is 20.6. The van der Waals surface area contributed by atoms with Crippen LogP contribution in [0.3, 0.4) is 0 Å². The number of aliphatic hydroxyl groups excluding tert-OH is 1. The molecule has 0 bridgehead atoms. The topological polar surface area (TPSA) is 152 Å². The van der Waals surface area contributed by atoms with Crippen molar-refractivity contribution in [1.82, 2.24) is 20.9 Å². The second-order valence-corrected chi connectivity index (χ2v) is 11.2. The number of nitriles is 1. The van der Waals surface area contributed by atoms with Gasteiger partial charge >= 0.3 is 12.1 Å². The summed E-state index contributed by atoms with van der Waals surface area (Å²) in [6, 6.07) is -1.80. The summed E-state index contributed by atoms with van der Waals surface area (Å²) < 4.78 is 38.8. The Kier molecular flexibility index (Phi) is 7.34. The van der Waals surface area contributed by atoms with E-state index in [0.29, 0.717) is 13.0 Å². The van der Waals surface area contributed by atoms with Gasteiger partial charge in [-0.25, -0.2) is 0 Å². The second kappa shape index (κ2) is 9.53. The fraction of sp³-hybridized carbons (Fsp3) is 0.783. The van der Waals surface area contributed by atoms with Gasteiger partial charge in [0.2, 0.25) is 17.7 Å². The molecule has 3 rings (SSSR count). The van der Waals surface area contributed by atoms with Crippen LogP contribution < -0.4 is 16.0 Å². The van der Waals surface area contributed by atoms with Crippen molar-refractivity contribution in [2.24, 2.45) is 28.6 Å². The molecule has 200 valence electrons. The fourth-order valence-corrected chi connectivity index (χ4v) is 5.46. The summed E-state index contributed by atoms with van der Waals surface area (Å²) in [6.07, 6.45) is -4.61. The molecule has 36 heavy (non-hydrogen) atoms. The Morgan fingerprint density at radius 3 is 2.39 bits per heavy atom. The molecule has 2 heterocycles. The maximum atomic E-state index is 13.5. The van der Waals surface area contributed by atoms with Gasteiger partial charge in [-0.1, -0.05) is 27.7 Å². The maximum absolute atomic E-state index is 13.5. The van der Waals surface area contributed by atoms with E-state index in [1.807, 2.05) is 6.07 Å². The highest BCUT2D eigenvalue weighted by Crippen LogP contribution is 2.65. The number of aliphatic hydroxyl groups is 1. The molecule has 0 unspecified atom stereocenters. The number of halogens is 3. The molecule has 0 aromatic carbocycles. The standard InChI is InChI=1S/C23H32F3N5O5/c1-21(2,3)16(30-20(36)23(24,25)26)19(35)31-9-13-14(22(13,4)10-32)15(31)18(34)29-12(8-27)7-11-5-6-28-17(11)33/h11-16,32H,5-7,9-10H2,1-4H3,(H,28,33)(H,29,34)(H,30,36)/t11-,12-,13-,14-,15-,16+,22+/m0/s1. The Hall–Kier alpha value is -2.88. The molecule has 3 fully saturated rings. The molecular weight excluding hydrogens is 483 g/mol. The number of alkyl halides is 3. The van der Waals surface area contributed by atoms with E-state index in [1.54, 1.807) is 12.2 Å². The zero-order chi connectivity index (χ0) is 27.2. The van der Waals surface area contributed by atoms with Crippen molar-refractivity contribution < 1.29 is 37.5 Å². The number of rotatable bonds is 7. The molecule has 4 amide bonds. The van der Waals surface area contributed by atoms with E-state index < -0.39 is 64.7 Å². The van der Waals surface area contributed by atoms with E-state index in [9.17, 15) is 42.7 Å². The van der Waals surface area contributed by atoms with Gasteiger partial charge in [0.15, 0.2) is 0 Å². The Bertz CT molecular complexity index is 975. The molecule has 1 aliphatic carbocycles. The van der Waals surface area contributed by atoms with E-state index in [-0.39, 0.29) is 31.4 Å². The van der Waals surface area contributed by atoms with Gasteiger partial charge in [0.25, 0.3) is 0 Å². The van der Waals surface area contributed by atoms with Crippen LogP contribution in [0.25, 0.3) is 0 Å². The minimum absolute atomic E-state index is 0.00929. The van der Waals surface area contributed by atoms with E-state index in [4.69, 9.17) is 0 Å². The van der Waals surface area contributed by atoms with E-state index >= 15 is 0 Å². The van der Waals surface area contributed by atoms with Gasteiger partial charge < -0.3 is 26.0 Å². The number of nitrogens with zero attached hydrogens (tertiary/aromatic N) is 2. The van der Waals surface area contributed by atoms with Crippen LogP contribution >= 0.6 is 0 Å². The Labute approximate surface area is 206 Å². The summed E-state index contributed by atoms with van der Waals surface area (Å²) in [4.78, 5) is 51.6. The molecule has 4 N–H and O–H groups in total. The first-order chi connectivity index (χ1) is 16.6. The molecule has 0 radical (unpaired) electrons. The summed E-state index contributed by atoms with van der Waals surface area (Å²) in [7, 11) is 0. The molecule has 2 aliphatic heterocycles. The van der Waals surface area contributed by atoms with Crippen molar-refractivity contribution >= 4 is 23.6 Å². The predicted octanol–water partition coefficient (Wildman–Crippen LogP) is 0.0696. The number of amides is 4. The van der Waals surface area contributed by atoms with Crippen LogP contribution in [0.1, 0.15) is 40.5 Å². The van der Waals surface area contributed by atoms with Gasteiger partial charge in [0.05, 0.1) is 6.07 Å². The van der Waals surface area contributed by atoms with Crippen LogP contribution in [0.5, 0.6) is 0 Å². The average molecular weight is 516 g/mol. The number of nitrogens with one attached hydrogen (secondary N) is 3. The number of hydrogen-bond acceptors (Lipinski definition) is 6. The first-order valence-electron chi connectivity index (χ1n) is 11.8. The molecule has 10 nitrogen and oxygen atoms in total. The molecule has 3 aliphatic rings. The van der Waals surface area contributed by atoms with Gasteiger partial charge in [0.1, 0.15) is 18.1 Å². The Morgan fingerprint density at radius 1 is 1.28 bits per heavy atom. The third-order valence-corrected chi connectivity index (χ3v) is 7.70. The number of fused-ring (bicyclic) bond motifs is 1. The molecule has 0 spiro atoms. The maximum Gasteiger partial charge on any atom is 0.471 e. The minimum Gasteiger partial charge on any atom is -0.396 e. The number of carbonyl (C=O) groups is 4. The van der Waals surface area contributed by atoms with E-state index in [0.717, 1.165) is 4.90 Å². The Balaban J connectivity index is 1.83. The third-order valence-electron chi connectivity index (χ3n) is 7.70. The lowest BCUT2D eigenvalue weighted by molar-refractivity contribution is -0.176. The first-order valence-corrected chi connectivity index (χ1v) is 11.8. The van der Waals surface area contributed by atoms with E-state index in [2.05, 4.69) is 10.6 Å². The van der Waals surface area contributed by atoms with Crippen molar-refractivity contribution in [3.05, 3.63) is 0 Å². The number of piperidine rings is 1. The van der Waals surface area contributed by atoms with Crippen LogP contribution in [0.2, 0.25) is 0 Å². The quantitative estimate of drug-likeness (QED) is 0.377. The highest BCUT2D eigenvalue weighted by Gasteiger charge is 2.72. The van der Waals surface area contributed by atoms with Gasteiger partial charge in [-0.15, -0.1) is 0 Å². The van der Waals surface area contributed by atoms with Crippen LogP contribution in [-0.2, 0) is 19.2 Å². The van der Waals surface area contributed by atoms with Crippen LogP contribution in [-0.4, -0.2) is 77.6 Å². The average Bonchev–Trinajstić information content (AvgIpc) is 3.10. The monoisotopic (exact) mass is 515 g/mol. The number of carbonyl (C=O) groups excluding carboxylic acids is 4. The fourth-order valence-electron chi connectivity index (χ4n) is 5.46. The summed E-state index contributed by atoms with van der Waals surface area (Å²) in [5.74, 6) is -5.21. The highest BCUT2D eigenvalue weighted by atomic mass is 19.4. The smallest absolute Gasteiger partial charge is 0.396 e. The lowest BCUT2D eigenvalue weighted by Crippen LogP contribution is -2.61. The highest BCUT2D eigenvalue weighted by molar-refractivity contribution is 5.95. The number of likely N-dealkylation sites (tertiary alicyclic amines) is 1. The van der Waals surface area contributed by atoms with Crippen molar-refractivity contribution in [3.8, 4) is 6.07 Å². The molecule has 2 saturated heterocycles. The van der Waals surface area contributed by atoms with E-state index in [1.165, 1.54) is 20.8 Å². The molecule has 1 saturated carbocycles. The molecule has 13 heteroatoms. The largest absolute Gasteiger partial charge is 0.471 e. The molecule has 7 atom stereocenters. The lowest BCUT2D eigenvalue weighted by Gasteiger charge is -2.38. The third kappa shape index (κ3) is 5.14. The summed E-state index contributed by atoms with van der Waals surface area (Å²) in [5, 5.41) is 26.4. The summed E-state index contributed by atoms with van der Waals surface area (Å²) in [6.45, 7) is 6.45. The Morgan fingerprint density at radius 2 is 1.92 bits per heavy atom. The summed E-state index contributed by atoms with van der Waals surface area (Å²) in [5.41, 5.74) is -1.78. The van der Waals surface area contributed by atoms with Gasteiger partial charge in [-0.3, -0.25) is 19.2 Å². The number of hydrogen-bond donors (Lipinski definition) is 4. The first kappa shape index (κ1) is 27.7. The van der Waals surface area contributed by atoms with Crippen molar-refractivity contribution in [2.45, 2.75) is 64.8 Å². The predicted molar refractivity (Wildman–Crippen MR) is 118 cm³/mol. The van der Waals surface area contributed by atoms with Gasteiger partial charge in [-0.2, -0.15) is 18.4 Å². The van der Waals surface area contributed by atoms with Crippen LogP contribution in [0.15, 0.2) is 0 Å². The SMILES string of the molecule is CC(C)(C)[C@H](NC(=O)C(F)(F)F)C(=O)N1C[C@H]2[C@@H]([C@H]1C(=O)N[C@H](C#N)C[C@@H]1CCNC1=O)[C@]2(C)CO. The van der Waals surface area contributed by atoms with Gasteiger partial charge in [0, 0.05) is 36.9 Å². The van der Waals surface area contributed by atoms with Crippen LogP contribution in [0.4, 0.5) is 13.2 Å². The normalized spacial score (nSPS) is 31.1. The lowest BCUT2D eigenvalue weighted by atomic mass is 9.85. The van der Waals surface area contributed by atoms with Crippen LogP contribution in [0, 0.1) is 39.9 Å². The zero-order valence-electron chi connectivity index (χ0n) is 20.6. The van der Waals surface area contributed by atoms with Crippen molar-refractivity contribution in [3.63, 3.8) is 0 Å². The molecule has 0 aromatic heterocycles. The molecule has 0 aromatic rings. The van der Waals surface area contributed by atoms with Gasteiger partial charge in [-0.05, 0) is 24.2 Å². The van der Waals surface area contributed by atoms with Crippen molar-refractivity contribution in [1.29, 1.82) is 5.26 Å². The van der Waals surface area contributed by atoms with Crippen molar-refractivity contribution in [2.75, 3.05) is 19.7 Å². The minimum atomic E-state index is -5.20.